The molecule has 0 amide bonds. The summed E-state index contributed by atoms with van der Waals surface area (Å²) in [5.74, 6) is 3.09. The van der Waals surface area contributed by atoms with E-state index in [1.54, 1.807) is 13.2 Å². The second-order valence-electron chi connectivity index (χ2n) is 4.70. The third-order valence-electron chi connectivity index (χ3n) is 3.23. The second-order valence-corrected chi connectivity index (χ2v) is 6.22. The molecule has 2 unspecified atom stereocenters. The lowest BCUT2D eigenvalue weighted by molar-refractivity contribution is 0.178. The van der Waals surface area contributed by atoms with Crippen LogP contribution in [-0.2, 0) is 11.3 Å². The highest BCUT2D eigenvalue weighted by molar-refractivity contribution is 7.99. The summed E-state index contributed by atoms with van der Waals surface area (Å²) in [6.07, 6.45) is 3.75. The van der Waals surface area contributed by atoms with Crippen molar-refractivity contribution >= 4 is 23.4 Å². The van der Waals surface area contributed by atoms with Gasteiger partial charge in [0.25, 0.3) is 0 Å². The molecule has 106 valence electrons. The molecule has 0 aliphatic heterocycles. The van der Waals surface area contributed by atoms with Crippen molar-refractivity contribution in [2.75, 3.05) is 23.9 Å². The van der Waals surface area contributed by atoms with Gasteiger partial charge in [0.15, 0.2) is 5.82 Å². The van der Waals surface area contributed by atoms with Gasteiger partial charge in [0.2, 0.25) is 0 Å². The summed E-state index contributed by atoms with van der Waals surface area (Å²) in [5, 5.41) is 4.18. The van der Waals surface area contributed by atoms with Gasteiger partial charge in [-0.2, -0.15) is 11.8 Å². The Morgan fingerprint density at radius 2 is 2.32 bits per heavy atom. The number of hydrogen-bond donors (Lipinski definition) is 2. The minimum absolute atomic E-state index is 0.386. The molecule has 2 rings (SSSR count). The average molecular weight is 282 g/mol. The summed E-state index contributed by atoms with van der Waals surface area (Å²) < 4.78 is 5.06. The van der Waals surface area contributed by atoms with Gasteiger partial charge in [-0.3, -0.25) is 0 Å². The Hall–Kier alpha value is -1.01. The Labute approximate surface area is 118 Å². The predicted molar refractivity (Wildman–Crippen MR) is 80.3 cm³/mol. The molecule has 1 aliphatic rings. The monoisotopic (exact) mass is 282 g/mol. The van der Waals surface area contributed by atoms with Crippen LogP contribution in [0.4, 0.5) is 11.6 Å². The van der Waals surface area contributed by atoms with Crippen molar-refractivity contribution in [3.8, 4) is 0 Å². The summed E-state index contributed by atoms with van der Waals surface area (Å²) in [6.45, 7) is 2.59. The van der Waals surface area contributed by atoms with Gasteiger partial charge in [0, 0.05) is 24.5 Å². The van der Waals surface area contributed by atoms with Crippen molar-refractivity contribution in [2.24, 2.45) is 0 Å². The smallest absolute Gasteiger partial charge is 0.158 e. The topological polar surface area (TPSA) is 73.1 Å². The minimum Gasteiger partial charge on any atom is -0.384 e. The molecule has 0 spiro atoms. The highest BCUT2D eigenvalue weighted by Crippen LogP contribution is 2.31. The zero-order chi connectivity index (χ0) is 13.7. The molecule has 3 N–H and O–H groups in total. The second kappa shape index (κ2) is 6.96. The standard InChI is InChI=1S/C13H22N4OS/c1-3-19-10-6-4-5-9(10)15-12-7-11(14)16-13(17-12)8-18-2/h7,9-10H,3-6,8H2,1-2H3,(H3,14,15,16,17). The summed E-state index contributed by atoms with van der Waals surface area (Å²) in [6, 6.07) is 2.28. The Morgan fingerprint density at radius 3 is 3.05 bits per heavy atom. The molecule has 0 aromatic carbocycles. The Balaban J connectivity index is 2.05. The van der Waals surface area contributed by atoms with Crippen LogP contribution in [0.5, 0.6) is 0 Å². The minimum atomic E-state index is 0.386. The molecule has 1 saturated carbocycles. The third kappa shape index (κ3) is 3.98. The predicted octanol–water partition coefficient (Wildman–Crippen LogP) is 2.29. The van der Waals surface area contributed by atoms with Crippen LogP contribution < -0.4 is 11.1 Å². The molecule has 6 heteroatoms. The van der Waals surface area contributed by atoms with Gasteiger partial charge in [0.05, 0.1) is 0 Å². The highest BCUT2D eigenvalue weighted by Gasteiger charge is 2.27. The first-order valence-corrected chi connectivity index (χ1v) is 7.78. The van der Waals surface area contributed by atoms with Crippen LogP contribution in [0.15, 0.2) is 6.07 Å². The van der Waals surface area contributed by atoms with Gasteiger partial charge >= 0.3 is 0 Å². The van der Waals surface area contributed by atoms with Crippen LogP contribution in [0.25, 0.3) is 0 Å². The number of methoxy groups -OCH3 is 1. The molecular formula is C13H22N4OS. The molecule has 1 aliphatic carbocycles. The highest BCUT2D eigenvalue weighted by atomic mass is 32.2. The summed E-state index contributed by atoms with van der Waals surface area (Å²) in [5.41, 5.74) is 5.81. The van der Waals surface area contributed by atoms with Crippen LogP contribution in [-0.4, -0.2) is 34.1 Å². The fourth-order valence-electron chi connectivity index (χ4n) is 2.48. The number of aromatic nitrogens is 2. The number of nitrogens with zero attached hydrogens (tertiary/aromatic N) is 2. The van der Waals surface area contributed by atoms with Gasteiger partial charge in [-0.25, -0.2) is 9.97 Å². The molecular weight excluding hydrogens is 260 g/mol. The van der Waals surface area contributed by atoms with E-state index < -0.39 is 0 Å². The van der Waals surface area contributed by atoms with Crippen molar-refractivity contribution in [3.05, 3.63) is 11.9 Å². The number of thioether (sulfide) groups is 1. The maximum atomic E-state index is 5.81. The summed E-state index contributed by atoms with van der Waals surface area (Å²) in [4.78, 5) is 8.59. The average Bonchev–Trinajstić information content (AvgIpc) is 2.77. The van der Waals surface area contributed by atoms with E-state index in [1.165, 1.54) is 19.3 Å². The maximum absolute atomic E-state index is 5.81. The maximum Gasteiger partial charge on any atom is 0.158 e. The van der Waals surface area contributed by atoms with E-state index in [9.17, 15) is 0 Å². The Kier molecular flexibility index (Phi) is 5.27. The van der Waals surface area contributed by atoms with E-state index in [1.807, 2.05) is 11.8 Å². The molecule has 1 aromatic rings. The molecule has 0 radical (unpaired) electrons. The quantitative estimate of drug-likeness (QED) is 0.834. The van der Waals surface area contributed by atoms with Gasteiger partial charge in [0.1, 0.15) is 18.2 Å². The molecule has 1 aromatic heterocycles. The van der Waals surface area contributed by atoms with Crippen molar-refractivity contribution in [2.45, 2.75) is 44.1 Å². The molecule has 19 heavy (non-hydrogen) atoms. The number of anilines is 2. The van der Waals surface area contributed by atoms with Crippen LogP contribution in [0.2, 0.25) is 0 Å². The first kappa shape index (κ1) is 14.4. The molecule has 1 fully saturated rings. The lowest BCUT2D eigenvalue weighted by Crippen LogP contribution is -2.27. The third-order valence-corrected chi connectivity index (χ3v) is 4.56. The van der Waals surface area contributed by atoms with E-state index in [-0.39, 0.29) is 0 Å². The largest absolute Gasteiger partial charge is 0.384 e. The number of hydrogen-bond acceptors (Lipinski definition) is 6. The molecule has 0 bridgehead atoms. The fraction of sp³-hybridized carbons (Fsp3) is 0.692. The zero-order valence-corrected chi connectivity index (χ0v) is 12.4. The SMILES string of the molecule is CCSC1CCCC1Nc1cc(N)nc(COC)n1. The number of ether oxygens (including phenoxy) is 1. The van der Waals surface area contributed by atoms with Gasteiger partial charge in [-0.05, 0) is 18.6 Å². The molecule has 1 heterocycles. The summed E-state index contributed by atoms with van der Waals surface area (Å²) in [7, 11) is 1.63. The van der Waals surface area contributed by atoms with Crippen molar-refractivity contribution in [1.29, 1.82) is 0 Å². The lowest BCUT2D eigenvalue weighted by Gasteiger charge is -2.21. The zero-order valence-electron chi connectivity index (χ0n) is 11.6. The van der Waals surface area contributed by atoms with E-state index in [4.69, 9.17) is 10.5 Å². The molecule has 0 saturated heterocycles. The number of rotatable bonds is 6. The van der Waals surface area contributed by atoms with Crippen LogP contribution in [0, 0.1) is 0 Å². The van der Waals surface area contributed by atoms with Crippen molar-refractivity contribution in [3.63, 3.8) is 0 Å². The van der Waals surface area contributed by atoms with E-state index in [0.717, 1.165) is 11.6 Å². The Bertz CT molecular complexity index is 416. The van der Waals surface area contributed by atoms with Crippen LogP contribution in [0.1, 0.15) is 32.0 Å². The van der Waals surface area contributed by atoms with E-state index >= 15 is 0 Å². The molecule has 5 nitrogen and oxygen atoms in total. The van der Waals surface area contributed by atoms with Crippen LogP contribution in [0.3, 0.4) is 0 Å². The van der Waals surface area contributed by atoms with Crippen molar-refractivity contribution in [1.82, 2.24) is 9.97 Å². The van der Waals surface area contributed by atoms with Gasteiger partial charge in [-0.1, -0.05) is 13.3 Å². The van der Waals surface area contributed by atoms with Crippen LogP contribution >= 0.6 is 11.8 Å². The Morgan fingerprint density at radius 1 is 1.47 bits per heavy atom. The fourth-order valence-corrected chi connectivity index (χ4v) is 3.68. The van der Waals surface area contributed by atoms with Gasteiger partial charge < -0.3 is 15.8 Å². The number of nitrogen functional groups attached to an aromatic ring is 1. The van der Waals surface area contributed by atoms with E-state index in [2.05, 4.69) is 22.2 Å². The first-order valence-electron chi connectivity index (χ1n) is 6.73. The van der Waals surface area contributed by atoms with E-state index in [0.29, 0.717) is 29.5 Å². The number of nitrogens with two attached hydrogens (primary N) is 1. The number of nitrogens with one attached hydrogen (secondary N) is 1. The lowest BCUT2D eigenvalue weighted by atomic mass is 10.2. The van der Waals surface area contributed by atoms with Crippen molar-refractivity contribution < 1.29 is 4.74 Å². The molecule has 2 atom stereocenters. The normalized spacial score (nSPS) is 22.6. The first-order chi connectivity index (χ1) is 9.22. The van der Waals surface area contributed by atoms with Gasteiger partial charge in [-0.15, -0.1) is 0 Å². The summed E-state index contributed by atoms with van der Waals surface area (Å²) >= 11 is 2.02.